The van der Waals surface area contributed by atoms with Gasteiger partial charge < -0.3 is 24.5 Å². The van der Waals surface area contributed by atoms with Crippen molar-refractivity contribution < 1.29 is 19.1 Å². The van der Waals surface area contributed by atoms with Crippen LogP contribution in [0, 0.1) is 0 Å². The van der Waals surface area contributed by atoms with E-state index in [1.165, 1.54) is 7.11 Å². The maximum atomic E-state index is 12.2. The Morgan fingerprint density at radius 1 is 1.38 bits per heavy atom. The second-order valence-electron chi connectivity index (χ2n) is 6.85. The van der Waals surface area contributed by atoms with E-state index in [-0.39, 0.29) is 23.8 Å². The number of hydrogen-bond donors (Lipinski definition) is 2. The molecule has 138 valence electrons. The number of carbonyl (C=O) groups is 1. The lowest BCUT2D eigenvalue weighted by Gasteiger charge is -2.35. The number of aliphatic hydroxyl groups is 1. The summed E-state index contributed by atoms with van der Waals surface area (Å²) in [6.07, 6.45) is 3.74. The van der Waals surface area contributed by atoms with Crippen LogP contribution in [-0.2, 0) is 0 Å². The topological polar surface area (TPSA) is 101 Å². The summed E-state index contributed by atoms with van der Waals surface area (Å²) in [6.45, 7) is 1.43. The van der Waals surface area contributed by atoms with Gasteiger partial charge in [-0.3, -0.25) is 4.79 Å². The van der Waals surface area contributed by atoms with Gasteiger partial charge in [0.2, 0.25) is 0 Å². The highest BCUT2D eigenvalue weighted by Crippen LogP contribution is 2.37. The molecule has 2 N–H and O–H groups in total. The van der Waals surface area contributed by atoms with Gasteiger partial charge >= 0.3 is 0 Å². The molecule has 1 aliphatic carbocycles. The fraction of sp³-hybridized carbons (Fsp3) is 0.500. The molecule has 4 rings (SSSR count). The van der Waals surface area contributed by atoms with Gasteiger partial charge in [0.25, 0.3) is 11.9 Å². The van der Waals surface area contributed by atoms with Crippen LogP contribution in [-0.4, -0.2) is 53.3 Å². The van der Waals surface area contributed by atoms with E-state index in [4.69, 9.17) is 9.15 Å². The number of carbonyl (C=O) groups excluding carboxylic acids is 1. The number of furan rings is 1. The van der Waals surface area contributed by atoms with Crippen LogP contribution in [0.2, 0.25) is 0 Å². The molecule has 0 aromatic carbocycles. The molecule has 2 aromatic heterocycles. The number of anilines is 1. The van der Waals surface area contributed by atoms with Crippen molar-refractivity contribution in [2.24, 2.45) is 0 Å². The van der Waals surface area contributed by atoms with Crippen molar-refractivity contribution in [1.29, 1.82) is 0 Å². The third kappa shape index (κ3) is 3.37. The number of aromatic nitrogens is 2. The van der Waals surface area contributed by atoms with Gasteiger partial charge in [-0.2, -0.15) is 0 Å². The zero-order valence-corrected chi connectivity index (χ0v) is 14.6. The van der Waals surface area contributed by atoms with Crippen molar-refractivity contribution in [2.45, 2.75) is 37.3 Å². The molecule has 8 nitrogen and oxygen atoms in total. The van der Waals surface area contributed by atoms with Crippen LogP contribution in [0.3, 0.4) is 0 Å². The largest absolute Gasteiger partial charge is 0.468 e. The first kappa shape index (κ1) is 16.8. The van der Waals surface area contributed by atoms with Crippen LogP contribution in [0.25, 0.3) is 0 Å². The van der Waals surface area contributed by atoms with Crippen molar-refractivity contribution in [3.05, 3.63) is 36.0 Å². The first-order chi connectivity index (χ1) is 12.6. The Balaban J connectivity index is 1.32. The number of rotatable bonds is 5. The normalized spacial score (nSPS) is 25.0. The number of amides is 1. The Morgan fingerprint density at radius 2 is 2.23 bits per heavy atom. The maximum Gasteiger partial charge on any atom is 0.287 e. The van der Waals surface area contributed by atoms with E-state index in [0.717, 1.165) is 37.3 Å². The summed E-state index contributed by atoms with van der Waals surface area (Å²) >= 11 is 0. The summed E-state index contributed by atoms with van der Waals surface area (Å²) in [7, 11) is 1.50. The molecule has 3 heterocycles. The molecule has 0 radical (unpaired) electrons. The fourth-order valence-corrected chi connectivity index (χ4v) is 3.49. The second-order valence-corrected chi connectivity index (χ2v) is 6.85. The van der Waals surface area contributed by atoms with Gasteiger partial charge in [0.05, 0.1) is 13.2 Å². The summed E-state index contributed by atoms with van der Waals surface area (Å²) in [5.41, 5.74) is 0.988. The smallest absolute Gasteiger partial charge is 0.287 e. The summed E-state index contributed by atoms with van der Waals surface area (Å²) < 4.78 is 10.2. The third-order valence-corrected chi connectivity index (χ3v) is 5.06. The SMILES string of the molecule is COc1ccc(C(=O)NC2CC(c3cc(N4CC[C@@H](O)C4)ncn3)C2)o1. The van der Waals surface area contributed by atoms with Crippen LogP contribution in [0.15, 0.2) is 28.9 Å². The maximum absolute atomic E-state index is 12.2. The van der Waals surface area contributed by atoms with Gasteiger partial charge in [-0.05, 0) is 25.3 Å². The molecule has 1 saturated carbocycles. The average Bonchev–Trinajstić information content (AvgIpc) is 3.26. The van der Waals surface area contributed by atoms with Crippen LogP contribution >= 0.6 is 0 Å². The number of nitrogens with zero attached hydrogens (tertiary/aromatic N) is 3. The predicted octanol–water partition coefficient (Wildman–Crippen LogP) is 1.33. The van der Waals surface area contributed by atoms with E-state index in [1.807, 2.05) is 6.07 Å². The van der Waals surface area contributed by atoms with Crippen LogP contribution in [0.4, 0.5) is 5.82 Å². The lowest BCUT2D eigenvalue weighted by atomic mass is 9.78. The molecule has 1 saturated heterocycles. The molecule has 2 aliphatic rings. The number of methoxy groups -OCH3 is 1. The summed E-state index contributed by atoms with van der Waals surface area (Å²) in [4.78, 5) is 23.0. The summed E-state index contributed by atoms with van der Waals surface area (Å²) in [5, 5.41) is 12.7. The Morgan fingerprint density at radius 3 is 2.92 bits per heavy atom. The molecular formula is C18H22N4O4. The minimum absolute atomic E-state index is 0.107. The highest BCUT2D eigenvalue weighted by atomic mass is 16.6. The molecule has 26 heavy (non-hydrogen) atoms. The Kier molecular flexibility index (Phi) is 4.50. The van der Waals surface area contributed by atoms with Gasteiger partial charge in [0.1, 0.15) is 12.1 Å². The summed E-state index contributed by atoms with van der Waals surface area (Å²) in [5.74, 6) is 1.51. The average molecular weight is 358 g/mol. The van der Waals surface area contributed by atoms with Crippen LogP contribution in [0.5, 0.6) is 5.95 Å². The van der Waals surface area contributed by atoms with Crippen molar-refractivity contribution in [3.8, 4) is 5.95 Å². The fourth-order valence-electron chi connectivity index (χ4n) is 3.49. The lowest BCUT2D eigenvalue weighted by Crippen LogP contribution is -2.43. The van der Waals surface area contributed by atoms with Gasteiger partial charge in [0.15, 0.2) is 5.76 Å². The first-order valence-corrected chi connectivity index (χ1v) is 8.82. The molecule has 0 unspecified atom stereocenters. The molecule has 0 spiro atoms. The quantitative estimate of drug-likeness (QED) is 0.831. The number of nitrogens with one attached hydrogen (secondary N) is 1. The van der Waals surface area contributed by atoms with E-state index in [1.54, 1.807) is 18.5 Å². The standard InChI is InChI=1S/C18H22N4O4/c1-25-17-3-2-15(26-17)18(24)21-12-6-11(7-12)14-8-16(20-10-19-14)22-5-4-13(23)9-22/h2-3,8,10-13,23H,4-7,9H2,1H3,(H,21,24)/t11?,12?,13-/m1/s1. The second kappa shape index (κ2) is 6.95. The van der Waals surface area contributed by atoms with E-state index in [2.05, 4.69) is 20.2 Å². The van der Waals surface area contributed by atoms with Crippen molar-refractivity contribution in [1.82, 2.24) is 15.3 Å². The minimum atomic E-state index is -0.281. The highest BCUT2D eigenvalue weighted by Gasteiger charge is 2.33. The highest BCUT2D eigenvalue weighted by molar-refractivity contribution is 5.91. The Labute approximate surface area is 151 Å². The first-order valence-electron chi connectivity index (χ1n) is 8.82. The van der Waals surface area contributed by atoms with Gasteiger partial charge in [-0.25, -0.2) is 9.97 Å². The van der Waals surface area contributed by atoms with Gasteiger partial charge in [-0.1, -0.05) is 0 Å². The van der Waals surface area contributed by atoms with Crippen molar-refractivity contribution in [3.63, 3.8) is 0 Å². The Hall–Kier alpha value is -2.61. The molecule has 2 fully saturated rings. The molecular weight excluding hydrogens is 336 g/mol. The van der Waals surface area contributed by atoms with E-state index in [0.29, 0.717) is 18.4 Å². The lowest BCUT2D eigenvalue weighted by molar-refractivity contribution is 0.0873. The number of ether oxygens (including phenoxy) is 1. The zero-order valence-electron chi connectivity index (χ0n) is 14.6. The zero-order chi connectivity index (χ0) is 18.1. The van der Waals surface area contributed by atoms with Crippen LogP contribution in [0.1, 0.15) is 41.4 Å². The minimum Gasteiger partial charge on any atom is -0.468 e. The van der Waals surface area contributed by atoms with E-state index >= 15 is 0 Å². The number of aliphatic hydroxyl groups excluding tert-OH is 1. The number of β-amino-alcohol motifs (C(OH)–C–C–N with tert-alkyl or cyclic N) is 1. The van der Waals surface area contributed by atoms with E-state index in [9.17, 15) is 9.90 Å². The molecule has 2 aromatic rings. The van der Waals surface area contributed by atoms with Gasteiger partial charge in [0, 0.05) is 42.9 Å². The summed E-state index contributed by atoms with van der Waals surface area (Å²) in [6, 6.07) is 5.33. The molecule has 8 heteroatoms. The van der Waals surface area contributed by atoms with Crippen LogP contribution < -0.4 is 15.0 Å². The molecule has 1 atom stereocenters. The number of hydrogen-bond acceptors (Lipinski definition) is 7. The Bertz CT molecular complexity index is 787. The molecule has 1 aliphatic heterocycles. The van der Waals surface area contributed by atoms with E-state index < -0.39 is 0 Å². The predicted molar refractivity (Wildman–Crippen MR) is 93.4 cm³/mol. The monoisotopic (exact) mass is 358 g/mol. The molecule has 0 bridgehead atoms. The molecule has 1 amide bonds. The van der Waals surface area contributed by atoms with Crippen molar-refractivity contribution in [2.75, 3.05) is 25.1 Å². The van der Waals surface area contributed by atoms with Gasteiger partial charge in [-0.15, -0.1) is 0 Å². The third-order valence-electron chi connectivity index (χ3n) is 5.06. The van der Waals surface area contributed by atoms with Crippen molar-refractivity contribution >= 4 is 11.7 Å².